The van der Waals surface area contributed by atoms with E-state index in [1.54, 1.807) is 41.8 Å². The summed E-state index contributed by atoms with van der Waals surface area (Å²) in [6.07, 6.45) is 1.93. The molecule has 1 unspecified atom stereocenters. The van der Waals surface area contributed by atoms with Crippen molar-refractivity contribution in [2.45, 2.75) is 29.5 Å². The molecule has 1 aromatic heterocycles. The van der Waals surface area contributed by atoms with Crippen molar-refractivity contribution in [3.8, 4) is 0 Å². The van der Waals surface area contributed by atoms with Crippen LogP contribution in [0, 0.1) is 0 Å². The van der Waals surface area contributed by atoms with Crippen LogP contribution in [-0.2, 0) is 19.6 Å². The van der Waals surface area contributed by atoms with Gasteiger partial charge in [-0.1, -0.05) is 24.6 Å². The van der Waals surface area contributed by atoms with Crippen LogP contribution in [-0.4, -0.2) is 43.7 Å². The Morgan fingerprint density at radius 2 is 1.96 bits per heavy atom. The number of para-hydroxylation sites is 2. The third-order valence-corrected chi connectivity index (χ3v) is 8.11. The largest absolute Gasteiger partial charge is 0.323 e. The third-order valence-electron chi connectivity index (χ3n) is 4.83. The maximum atomic E-state index is 13.3. The van der Waals surface area contributed by atoms with E-state index in [1.165, 1.54) is 9.21 Å². The number of amides is 2. The summed E-state index contributed by atoms with van der Waals surface area (Å²) >= 11 is 1.14. The van der Waals surface area contributed by atoms with Crippen molar-refractivity contribution < 1.29 is 18.0 Å². The number of benzene rings is 1. The molecule has 4 rings (SSSR count). The number of sulfonamides is 1. The molecule has 0 radical (unpaired) electrons. The van der Waals surface area contributed by atoms with E-state index in [0.717, 1.165) is 17.8 Å². The van der Waals surface area contributed by atoms with E-state index < -0.39 is 16.1 Å². The number of thiophene rings is 1. The lowest BCUT2D eigenvalue weighted by Crippen LogP contribution is -2.55. The van der Waals surface area contributed by atoms with E-state index in [2.05, 4.69) is 5.32 Å². The minimum absolute atomic E-state index is 0.112. The van der Waals surface area contributed by atoms with Crippen molar-refractivity contribution in [2.24, 2.45) is 0 Å². The van der Waals surface area contributed by atoms with Gasteiger partial charge in [0.2, 0.25) is 11.8 Å². The number of carbonyl (C=O) groups is 2. The second-order valence-corrected chi connectivity index (χ2v) is 9.61. The van der Waals surface area contributed by atoms with Crippen molar-refractivity contribution in [3.05, 3.63) is 41.8 Å². The summed E-state index contributed by atoms with van der Waals surface area (Å²) in [6, 6.07) is 9.49. The molecule has 7 nitrogen and oxygen atoms in total. The van der Waals surface area contributed by atoms with Gasteiger partial charge in [0.15, 0.2) is 0 Å². The van der Waals surface area contributed by atoms with Crippen LogP contribution in [0.1, 0.15) is 19.3 Å². The highest BCUT2D eigenvalue weighted by atomic mass is 32.2. The molecule has 1 saturated heterocycles. The Labute approximate surface area is 161 Å². The second kappa shape index (κ2) is 7.06. The Kier molecular flexibility index (Phi) is 4.75. The molecule has 1 aromatic carbocycles. The van der Waals surface area contributed by atoms with Gasteiger partial charge in [-0.25, -0.2) is 8.42 Å². The molecule has 0 saturated carbocycles. The van der Waals surface area contributed by atoms with Gasteiger partial charge in [0.05, 0.1) is 11.4 Å². The quantitative estimate of drug-likeness (QED) is 0.849. The van der Waals surface area contributed by atoms with Gasteiger partial charge in [-0.2, -0.15) is 4.31 Å². The zero-order valence-corrected chi connectivity index (χ0v) is 16.1. The predicted octanol–water partition coefficient (Wildman–Crippen LogP) is 2.28. The van der Waals surface area contributed by atoms with E-state index in [-0.39, 0.29) is 22.6 Å². The topological polar surface area (TPSA) is 86.8 Å². The first kappa shape index (κ1) is 18.1. The number of hydrogen-bond acceptors (Lipinski definition) is 5. The van der Waals surface area contributed by atoms with Crippen LogP contribution in [0.4, 0.5) is 11.4 Å². The third kappa shape index (κ3) is 3.26. The zero-order valence-electron chi connectivity index (χ0n) is 14.5. The van der Waals surface area contributed by atoms with Crippen LogP contribution in [0.25, 0.3) is 0 Å². The van der Waals surface area contributed by atoms with Crippen LogP contribution >= 0.6 is 11.3 Å². The van der Waals surface area contributed by atoms with E-state index in [4.69, 9.17) is 0 Å². The number of carbonyl (C=O) groups excluding carboxylic acids is 2. The lowest BCUT2D eigenvalue weighted by Gasteiger charge is -2.38. The van der Waals surface area contributed by atoms with E-state index in [9.17, 15) is 18.0 Å². The van der Waals surface area contributed by atoms with Crippen LogP contribution in [0.5, 0.6) is 0 Å². The lowest BCUT2D eigenvalue weighted by molar-refractivity contribution is -0.125. The minimum Gasteiger partial charge on any atom is -0.323 e. The Morgan fingerprint density at radius 3 is 2.74 bits per heavy atom. The highest BCUT2D eigenvalue weighted by molar-refractivity contribution is 7.91. The number of nitrogens with zero attached hydrogens (tertiary/aromatic N) is 2. The zero-order chi connectivity index (χ0) is 19.0. The summed E-state index contributed by atoms with van der Waals surface area (Å²) in [4.78, 5) is 26.8. The molecule has 3 heterocycles. The van der Waals surface area contributed by atoms with Crippen molar-refractivity contribution in [3.63, 3.8) is 0 Å². The van der Waals surface area contributed by atoms with Gasteiger partial charge in [0, 0.05) is 6.54 Å². The number of fused-ring (bicyclic) bond motifs is 1. The van der Waals surface area contributed by atoms with Crippen LogP contribution < -0.4 is 10.2 Å². The molecule has 2 amide bonds. The maximum Gasteiger partial charge on any atom is 0.253 e. The standard InChI is InChI=1S/C18H19N3O4S2/c22-16-12-20(14-7-2-1-6-13(14)19-16)18(23)15-8-3-4-10-21(15)27(24,25)17-9-5-11-26-17/h1-2,5-7,9,11,15H,3-4,8,10,12H2,(H,19,22). The molecule has 2 aliphatic heterocycles. The Balaban J connectivity index is 1.69. The Hall–Kier alpha value is -2.23. The fourth-order valence-electron chi connectivity index (χ4n) is 3.58. The van der Waals surface area contributed by atoms with E-state index >= 15 is 0 Å². The van der Waals surface area contributed by atoms with Crippen LogP contribution in [0.3, 0.4) is 0 Å². The highest BCUT2D eigenvalue weighted by Crippen LogP contribution is 2.33. The molecule has 142 valence electrons. The molecule has 2 aliphatic rings. The molecule has 2 aromatic rings. The minimum atomic E-state index is -3.74. The first-order chi connectivity index (χ1) is 13.0. The summed E-state index contributed by atoms with van der Waals surface area (Å²) < 4.78 is 27.6. The number of rotatable bonds is 3. The fourth-order valence-corrected chi connectivity index (χ4v) is 6.35. The first-order valence-corrected chi connectivity index (χ1v) is 11.1. The molecular weight excluding hydrogens is 386 g/mol. The molecule has 1 N–H and O–H groups in total. The molecule has 0 aliphatic carbocycles. The van der Waals surface area contributed by atoms with Gasteiger partial charge in [-0.05, 0) is 36.4 Å². The van der Waals surface area contributed by atoms with Gasteiger partial charge in [0.25, 0.3) is 10.0 Å². The summed E-state index contributed by atoms with van der Waals surface area (Å²) in [5.41, 5.74) is 1.16. The van der Waals surface area contributed by atoms with Gasteiger partial charge in [-0.3, -0.25) is 14.5 Å². The number of piperidine rings is 1. The first-order valence-electron chi connectivity index (χ1n) is 8.74. The molecule has 9 heteroatoms. The predicted molar refractivity (Wildman–Crippen MR) is 103 cm³/mol. The molecule has 1 atom stereocenters. The summed E-state index contributed by atoms with van der Waals surface area (Å²) in [6.45, 7) is 0.192. The average molecular weight is 406 g/mol. The second-order valence-electron chi connectivity index (χ2n) is 6.55. The smallest absolute Gasteiger partial charge is 0.253 e. The Bertz CT molecular complexity index is 972. The van der Waals surface area contributed by atoms with Gasteiger partial charge in [0.1, 0.15) is 16.8 Å². The van der Waals surface area contributed by atoms with Crippen molar-refractivity contribution in [1.82, 2.24) is 4.31 Å². The van der Waals surface area contributed by atoms with E-state index in [1.807, 2.05) is 0 Å². The number of nitrogens with one attached hydrogen (secondary N) is 1. The van der Waals surface area contributed by atoms with Crippen LogP contribution in [0.2, 0.25) is 0 Å². The maximum absolute atomic E-state index is 13.3. The molecule has 27 heavy (non-hydrogen) atoms. The highest BCUT2D eigenvalue weighted by Gasteiger charge is 2.41. The molecule has 0 bridgehead atoms. The van der Waals surface area contributed by atoms with Gasteiger partial charge < -0.3 is 5.32 Å². The molecular formula is C18H19N3O4S2. The van der Waals surface area contributed by atoms with Crippen molar-refractivity contribution in [2.75, 3.05) is 23.3 Å². The van der Waals surface area contributed by atoms with Crippen molar-refractivity contribution >= 4 is 44.5 Å². The lowest BCUT2D eigenvalue weighted by atomic mass is 10.0. The molecule has 1 fully saturated rings. The SMILES string of the molecule is O=C1CN(C(=O)C2CCCCN2S(=O)(=O)c2cccs2)c2ccccc2N1. The summed E-state index contributed by atoms with van der Waals surface area (Å²) in [5, 5.41) is 4.46. The average Bonchev–Trinajstić information content (AvgIpc) is 3.22. The monoisotopic (exact) mass is 405 g/mol. The summed E-state index contributed by atoms with van der Waals surface area (Å²) in [7, 11) is -3.74. The summed E-state index contributed by atoms with van der Waals surface area (Å²) in [5.74, 6) is -0.636. The fraction of sp³-hybridized carbons (Fsp3) is 0.333. The van der Waals surface area contributed by atoms with Gasteiger partial charge in [-0.15, -0.1) is 11.3 Å². The number of hydrogen-bond donors (Lipinski definition) is 1. The molecule has 0 spiro atoms. The van der Waals surface area contributed by atoms with Gasteiger partial charge >= 0.3 is 0 Å². The van der Waals surface area contributed by atoms with Crippen molar-refractivity contribution in [1.29, 1.82) is 0 Å². The Morgan fingerprint density at radius 1 is 1.15 bits per heavy atom. The normalized spacial score (nSPS) is 20.8. The van der Waals surface area contributed by atoms with E-state index in [0.29, 0.717) is 30.8 Å². The number of anilines is 2. The van der Waals surface area contributed by atoms with Crippen LogP contribution in [0.15, 0.2) is 46.0 Å².